The van der Waals surface area contributed by atoms with Crippen molar-refractivity contribution in [2.75, 3.05) is 16.8 Å². The van der Waals surface area contributed by atoms with Gasteiger partial charge in [-0.1, -0.05) is 41.3 Å². The van der Waals surface area contributed by atoms with E-state index in [0.29, 0.717) is 22.7 Å². The van der Waals surface area contributed by atoms with Crippen LogP contribution in [0.25, 0.3) is 0 Å². The van der Waals surface area contributed by atoms with Crippen LogP contribution in [0.15, 0.2) is 34.7 Å². The van der Waals surface area contributed by atoms with Crippen LogP contribution in [0.1, 0.15) is 5.82 Å². The van der Waals surface area contributed by atoms with E-state index in [0.717, 1.165) is 10.0 Å². The van der Waals surface area contributed by atoms with Crippen molar-refractivity contribution in [3.8, 4) is 0 Å². The van der Waals surface area contributed by atoms with Gasteiger partial charge >= 0.3 is 0 Å². The molecule has 2 heterocycles. The van der Waals surface area contributed by atoms with Crippen LogP contribution in [-0.2, 0) is 5.75 Å². The van der Waals surface area contributed by atoms with Crippen LogP contribution in [0.4, 0.5) is 22.7 Å². The average molecular weight is 332 g/mol. The standard InChI is InChI=1S/C12H12N8S2/c13-9-16-8(6-21-12-20-19-10(14)22-12)17-11(18-9)15-7-4-2-1-3-5-7/h1-5H,6H2,(H2,14,19)(H3,13,15,16,17,18). The number of benzene rings is 1. The summed E-state index contributed by atoms with van der Waals surface area (Å²) in [7, 11) is 0. The van der Waals surface area contributed by atoms with Crippen molar-refractivity contribution < 1.29 is 0 Å². The molecule has 0 aliphatic carbocycles. The maximum Gasteiger partial charge on any atom is 0.232 e. The summed E-state index contributed by atoms with van der Waals surface area (Å²) in [6, 6.07) is 9.60. The largest absolute Gasteiger partial charge is 0.374 e. The highest BCUT2D eigenvalue weighted by atomic mass is 32.2. The molecule has 0 saturated carbocycles. The van der Waals surface area contributed by atoms with Gasteiger partial charge in [-0.15, -0.1) is 10.2 Å². The Morgan fingerprint density at radius 1 is 1.05 bits per heavy atom. The van der Waals surface area contributed by atoms with Crippen molar-refractivity contribution in [2.45, 2.75) is 10.1 Å². The second-order valence-corrected chi connectivity index (χ2v) is 6.35. The van der Waals surface area contributed by atoms with Gasteiger partial charge in [0.05, 0.1) is 5.75 Å². The third-order valence-corrected chi connectivity index (χ3v) is 4.36. The molecule has 8 nitrogen and oxygen atoms in total. The van der Waals surface area contributed by atoms with Gasteiger partial charge < -0.3 is 16.8 Å². The molecule has 0 amide bonds. The minimum absolute atomic E-state index is 0.167. The van der Waals surface area contributed by atoms with E-state index in [1.165, 1.54) is 23.1 Å². The Labute approximate surface area is 134 Å². The Balaban J connectivity index is 1.72. The molecule has 112 valence electrons. The number of nitrogens with one attached hydrogen (secondary N) is 1. The molecule has 0 fully saturated rings. The lowest BCUT2D eigenvalue weighted by molar-refractivity contribution is 0.976. The van der Waals surface area contributed by atoms with Gasteiger partial charge in [0.15, 0.2) is 4.34 Å². The number of nitrogen functional groups attached to an aromatic ring is 2. The van der Waals surface area contributed by atoms with Gasteiger partial charge in [0.1, 0.15) is 5.82 Å². The van der Waals surface area contributed by atoms with Crippen molar-refractivity contribution in [3.05, 3.63) is 36.2 Å². The van der Waals surface area contributed by atoms with E-state index in [1.54, 1.807) is 0 Å². The topological polar surface area (TPSA) is 129 Å². The van der Waals surface area contributed by atoms with Gasteiger partial charge in [-0.05, 0) is 12.1 Å². The van der Waals surface area contributed by atoms with Crippen molar-refractivity contribution >= 4 is 45.8 Å². The second-order valence-electron chi connectivity index (χ2n) is 4.12. The lowest BCUT2D eigenvalue weighted by Gasteiger charge is -2.06. The fraction of sp³-hybridized carbons (Fsp3) is 0.0833. The number of hydrogen-bond donors (Lipinski definition) is 3. The van der Waals surface area contributed by atoms with Crippen molar-refractivity contribution in [1.29, 1.82) is 0 Å². The molecule has 22 heavy (non-hydrogen) atoms. The number of nitrogens with zero attached hydrogens (tertiary/aromatic N) is 5. The molecule has 2 aromatic heterocycles. The van der Waals surface area contributed by atoms with Gasteiger partial charge in [0, 0.05) is 5.69 Å². The molecule has 0 saturated heterocycles. The summed E-state index contributed by atoms with van der Waals surface area (Å²) in [5.74, 6) is 1.64. The maximum absolute atomic E-state index is 5.73. The quantitative estimate of drug-likeness (QED) is 0.600. The smallest absolute Gasteiger partial charge is 0.232 e. The zero-order chi connectivity index (χ0) is 15.4. The summed E-state index contributed by atoms with van der Waals surface area (Å²) in [6.07, 6.45) is 0. The van der Waals surface area contributed by atoms with E-state index in [-0.39, 0.29) is 5.95 Å². The zero-order valence-electron chi connectivity index (χ0n) is 11.3. The first kappa shape index (κ1) is 14.5. The van der Waals surface area contributed by atoms with E-state index >= 15 is 0 Å². The van der Waals surface area contributed by atoms with Crippen molar-refractivity contribution in [3.63, 3.8) is 0 Å². The van der Waals surface area contributed by atoms with Crippen LogP contribution in [0.5, 0.6) is 0 Å². The lowest BCUT2D eigenvalue weighted by atomic mass is 10.3. The minimum atomic E-state index is 0.167. The highest BCUT2D eigenvalue weighted by Crippen LogP contribution is 2.26. The molecular weight excluding hydrogens is 320 g/mol. The highest BCUT2D eigenvalue weighted by Gasteiger charge is 2.08. The maximum atomic E-state index is 5.73. The van der Waals surface area contributed by atoms with Gasteiger partial charge in [-0.3, -0.25) is 0 Å². The number of hydrogen-bond acceptors (Lipinski definition) is 10. The average Bonchev–Trinajstić information content (AvgIpc) is 2.91. The van der Waals surface area contributed by atoms with Crippen LogP contribution < -0.4 is 16.8 Å². The van der Waals surface area contributed by atoms with Gasteiger partial charge in [0.2, 0.25) is 17.0 Å². The van der Waals surface area contributed by atoms with Crippen LogP contribution >= 0.6 is 23.1 Å². The van der Waals surface area contributed by atoms with E-state index in [9.17, 15) is 0 Å². The van der Waals surface area contributed by atoms with Gasteiger partial charge in [-0.2, -0.15) is 15.0 Å². The lowest BCUT2D eigenvalue weighted by Crippen LogP contribution is -2.06. The molecule has 1 aromatic carbocycles. The van der Waals surface area contributed by atoms with E-state index in [2.05, 4.69) is 30.5 Å². The van der Waals surface area contributed by atoms with Crippen LogP contribution in [0.2, 0.25) is 0 Å². The molecule has 0 bridgehead atoms. The number of anilines is 4. The third kappa shape index (κ3) is 3.80. The van der Waals surface area contributed by atoms with Gasteiger partial charge in [0.25, 0.3) is 0 Å². The molecule has 0 radical (unpaired) electrons. The molecule has 0 unspecified atom stereocenters. The van der Waals surface area contributed by atoms with E-state index < -0.39 is 0 Å². The normalized spacial score (nSPS) is 10.5. The molecule has 0 spiro atoms. The first-order chi connectivity index (χ1) is 10.7. The van der Waals surface area contributed by atoms with Crippen molar-refractivity contribution in [2.24, 2.45) is 0 Å². The number of thioether (sulfide) groups is 1. The van der Waals surface area contributed by atoms with Crippen LogP contribution in [0, 0.1) is 0 Å². The summed E-state index contributed by atoms with van der Waals surface area (Å²) in [6.45, 7) is 0. The van der Waals surface area contributed by atoms with E-state index in [1.807, 2.05) is 30.3 Å². The molecule has 0 atom stereocenters. The predicted molar refractivity (Wildman–Crippen MR) is 87.8 cm³/mol. The first-order valence-corrected chi connectivity index (χ1v) is 8.03. The zero-order valence-corrected chi connectivity index (χ0v) is 12.9. The Hall–Kier alpha value is -2.46. The number of para-hydroxylation sites is 1. The molecule has 0 aliphatic rings. The molecular formula is C12H12N8S2. The van der Waals surface area contributed by atoms with Crippen LogP contribution in [-0.4, -0.2) is 25.1 Å². The summed E-state index contributed by atoms with van der Waals surface area (Å²) in [5, 5.41) is 11.2. The Morgan fingerprint density at radius 2 is 1.86 bits per heavy atom. The SMILES string of the molecule is Nc1nc(CSc2nnc(N)s2)nc(Nc2ccccc2)n1. The Bertz CT molecular complexity index is 761. The molecule has 10 heteroatoms. The fourth-order valence-electron chi connectivity index (χ4n) is 1.61. The minimum Gasteiger partial charge on any atom is -0.374 e. The number of aromatic nitrogens is 5. The third-order valence-electron chi connectivity index (χ3n) is 2.48. The molecule has 3 aromatic rings. The Morgan fingerprint density at radius 3 is 2.59 bits per heavy atom. The monoisotopic (exact) mass is 332 g/mol. The number of rotatable bonds is 5. The Kier molecular flexibility index (Phi) is 4.30. The summed E-state index contributed by atoms with van der Waals surface area (Å²) < 4.78 is 0.758. The number of nitrogens with two attached hydrogens (primary N) is 2. The van der Waals surface area contributed by atoms with E-state index in [4.69, 9.17) is 11.5 Å². The summed E-state index contributed by atoms with van der Waals surface area (Å²) in [4.78, 5) is 12.5. The highest BCUT2D eigenvalue weighted by molar-refractivity contribution is 8.00. The fourth-order valence-corrected chi connectivity index (χ4v) is 3.11. The first-order valence-electron chi connectivity index (χ1n) is 6.23. The van der Waals surface area contributed by atoms with Crippen molar-refractivity contribution in [1.82, 2.24) is 25.1 Å². The predicted octanol–water partition coefficient (Wildman–Crippen LogP) is 1.92. The van der Waals surface area contributed by atoms with Crippen LogP contribution in [0.3, 0.4) is 0 Å². The summed E-state index contributed by atoms with van der Waals surface area (Å²) in [5.41, 5.74) is 12.1. The summed E-state index contributed by atoms with van der Waals surface area (Å²) >= 11 is 2.77. The van der Waals surface area contributed by atoms with Gasteiger partial charge in [-0.25, -0.2) is 0 Å². The molecule has 3 rings (SSSR count). The second kappa shape index (κ2) is 6.54. The molecule has 5 N–H and O–H groups in total. The molecule has 0 aliphatic heterocycles.